The van der Waals surface area contributed by atoms with Crippen molar-refractivity contribution in [3.05, 3.63) is 53.9 Å². The predicted molar refractivity (Wildman–Crippen MR) is 94.6 cm³/mol. The SMILES string of the molecule is CCc1ccnc(CNc2nccn3cc(C(=O)O)nc23)c1.O=C(O)C(F)(F)F. The quantitative estimate of drug-likeness (QED) is 0.584. The second-order valence-corrected chi connectivity index (χ2v) is 5.60. The lowest BCUT2D eigenvalue weighted by atomic mass is 10.2. The van der Waals surface area contributed by atoms with Crippen molar-refractivity contribution in [3.8, 4) is 0 Å². The van der Waals surface area contributed by atoms with Crippen LogP contribution in [0.3, 0.4) is 0 Å². The molecule has 0 amide bonds. The number of hydrogen-bond donors (Lipinski definition) is 3. The first-order valence-corrected chi connectivity index (χ1v) is 8.16. The molecule has 154 valence electrons. The summed E-state index contributed by atoms with van der Waals surface area (Å²) in [5, 5.41) is 19.3. The fraction of sp³-hybridized carbons (Fsp3) is 0.235. The maximum absolute atomic E-state index is 11.0. The lowest BCUT2D eigenvalue weighted by Crippen LogP contribution is -2.21. The first-order chi connectivity index (χ1) is 13.6. The van der Waals surface area contributed by atoms with Crippen molar-refractivity contribution >= 4 is 23.4 Å². The molecule has 0 aliphatic heterocycles. The van der Waals surface area contributed by atoms with E-state index >= 15 is 0 Å². The van der Waals surface area contributed by atoms with Gasteiger partial charge in [-0.25, -0.2) is 19.6 Å². The fourth-order valence-corrected chi connectivity index (χ4v) is 2.17. The Balaban J connectivity index is 0.000000370. The molecular weight excluding hydrogens is 395 g/mol. The van der Waals surface area contributed by atoms with E-state index in [2.05, 4.69) is 27.2 Å². The van der Waals surface area contributed by atoms with Gasteiger partial charge in [0.25, 0.3) is 0 Å². The van der Waals surface area contributed by atoms with Crippen molar-refractivity contribution < 1.29 is 33.0 Å². The maximum atomic E-state index is 11.0. The number of carboxylic acids is 2. The van der Waals surface area contributed by atoms with Gasteiger partial charge in [-0.1, -0.05) is 6.92 Å². The number of nitrogens with one attached hydrogen (secondary N) is 1. The average Bonchev–Trinajstić information content (AvgIpc) is 3.11. The molecule has 0 aliphatic rings. The van der Waals surface area contributed by atoms with E-state index in [9.17, 15) is 18.0 Å². The molecule has 0 unspecified atom stereocenters. The van der Waals surface area contributed by atoms with E-state index in [1.807, 2.05) is 12.1 Å². The normalized spacial score (nSPS) is 10.9. The number of aromatic carboxylic acids is 1. The number of aromatic nitrogens is 4. The van der Waals surface area contributed by atoms with Gasteiger partial charge in [-0.3, -0.25) is 4.98 Å². The van der Waals surface area contributed by atoms with Gasteiger partial charge >= 0.3 is 18.1 Å². The second kappa shape index (κ2) is 8.99. The lowest BCUT2D eigenvalue weighted by molar-refractivity contribution is -0.192. The summed E-state index contributed by atoms with van der Waals surface area (Å²) < 4.78 is 33.4. The van der Waals surface area contributed by atoms with Crippen LogP contribution in [0.15, 0.2) is 36.9 Å². The molecule has 0 bridgehead atoms. The molecular formula is C17H16F3N5O4. The largest absolute Gasteiger partial charge is 0.490 e. The highest BCUT2D eigenvalue weighted by Gasteiger charge is 2.38. The Kier molecular flexibility index (Phi) is 6.70. The van der Waals surface area contributed by atoms with Crippen LogP contribution in [0.25, 0.3) is 5.65 Å². The summed E-state index contributed by atoms with van der Waals surface area (Å²) in [5.74, 6) is -3.29. The summed E-state index contributed by atoms with van der Waals surface area (Å²) in [6.07, 6.45) is 2.36. The highest BCUT2D eigenvalue weighted by molar-refractivity contribution is 5.86. The number of nitrogens with zero attached hydrogens (tertiary/aromatic N) is 4. The van der Waals surface area contributed by atoms with Gasteiger partial charge in [-0.05, 0) is 24.1 Å². The third kappa shape index (κ3) is 5.89. The highest BCUT2D eigenvalue weighted by Crippen LogP contribution is 2.15. The van der Waals surface area contributed by atoms with Crippen LogP contribution in [0.2, 0.25) is 0 Å². The van der Waals surface area contributed by atoms with Crippen molar-refractivity contribution in [1.29, 1.82) is 0 Å². The molecule has 0 saturated carbocycles. The number of aliphatic carboxylic acids is 1. The monoisotopic (exact) mass is 411 g/mol. The molecule has 0 fully saturated rings. The van der Waals surface area contributed by atoms with Gasteiger partial charge < -0.3 is 19.9 Å². The van der Waals surface area contributed by atoms with Gasteiger partial charge in [0, 0.05) is 24.8 Å². The molecule has 0 radical (unpaired) electrons. The van der Waals surface area contributed by atoms with Crippen LogP contribution < -0.4 is 5.32 Å². The lowest BCUT2D eigenvalue weighted by Gasteiger charge is -2.07. The third-order valence-corrected chi connectivity index (χ3v) is 3.56. The zero-order valence-electron chi connectivity index (χ0n) is 15.0. The van der Waals surface area contributed by atoms with Gasteiger partial charge in [0.15, 0.2) is 17.2 Å². The number of hydrogen-bond acceptors (Lipinski definition) is 6. The molecule has 3 rings (SSSR count). The minimum Gasteiger partial charge on any atom is -0.476 e. The van der Waals surface area contributed by atoms with E-state index in [1.165, 1.54) is 11.8 Å². The second-order valence-electron chi connectivity index (χ2n) is 5.60. The van der Waals surface area contributed by atoms with Crippen LogP contribution >= 0.6 is 0 Å². The van der Waals surface area contributed by atoms with Gasteiger partial charge in [-0.2, -0.15) is 13.2 Å². The molecule has 0 atom stereocenters. The number of aryl methyl sites for hydroxylation is 1. The van der Waals surface area contributed by atoms with Crippen molar-refractivity contribution in [2.45, 2.75) is 26.1 Å². The molecule has 3 N–H and O–H groups in total. The topological polar surface area (TPSA) is 130 Å². The molecule has 0 aliphatic carbocycles. The summed E-state index contributed by atoms with van der Waals surface area (Å²) in [4.78, 5) is 32.5. The smallest absolute Gasteiger partial charge is 0.476 e. The number of carbonyl (C=O) groups is 2. The molecule has 3 aromatic rings. The van der Waals surface area contributed by atoms with Crippen LogP contribution in [-0.4, -0.2) is 47.7 Å². The van der Waals surface area contributed by atoms with E-state index in [-0.39, 0.29) is 5.69 Å². The van der Waals surface area contributed by atoms with Crippen molar-refractivity contribution in [3.63, 3.8) is 0 Å². The Bertz CT molecular complexity index is 1020. The summed E-state index contributed by atoms with van der Waals surface area (Å²) >= 11 is 0. The van der Waals surface area contributed by atoms with Crippen molar-refractivity contribution in [2.24, 2.45) is 0 Å². The molecule has 0 aromatic carbocycles. The van der Waals surface area contributed by atoms with Crippen LogP contribution in [0.5, 0.6) is 0 Å². The van der Waals surface area contributed by atoms with Crippen molar-refractivity contribution in [2.75, 3.05) is 5.32 Å². The average molecular weight is 411 g/mol. The van der Waals surface area contributed by atoms with Gasteiger partial charge in [0.05, 0.1) is 12.2 Å². The maximum Gasteiger partial charge on any atom is 0.490 e. The van der Waals surface area contributed by atoms with Crippen molar-refractivity contribution in [1.82, 2.24) is 19.4 Å². The van der Waals surface area contributed by atoms with Crippen LogP contribution in [0.4, 0.5) is 19.0 Å². The number of pyridine rings is 1. The Hall–Kier alpha value is -3.70. The number of alkyl halides is 3. The van der Waals surface area contributed by atoms with Crippen LogP contribution in [0, 0.1) is 0 Å². The molecule has 29 heavy (non-hydrogen) atoms. The summed E-state index contributed by atoms with van der Waals surface area (Å²) in [6.45, 7) is 2.59. The van der Waals surface area contributed by atoms with E-state index in [0.29, 0.717) is 18.0 Å². The van der Waals surface area contributed by atoms with E-state index in [4.69, 9.17) is 15.0 Å². The van der Waals surface area contributed by atoms with Gasteiger partial charge in [-0.15, -0.1) is 0 Å². The number of anilines is 1. The molecule has 9 nitrogen and oxygen atoms in total. The zero-order valence-corrected chi connectivity index (χ0v) is 15.0. The minimum absolute atomic E-state index is 0.0119. The fourth-order valence-electron chi connectivity index (χ4n) is 2.17. The van der Waals surface area contributed by atoms with Crippen LogP contribution in [-0.2, 0) is 17.8 Å². The van der Waals surface area contributed by atoms with E-state index < -0.39 is 18.1 Å². The number of fused-ring (bicyclic) bond motifs is 1. The molecule has 3 heterocycles. The number of carboxylic acid groups (broad SMARTS) is 2. The Morgan fingerprint density at radius 3 is 2.48 bits per heavy atom. The predicted octanol–water partition coefficient (Wildman–Crippen LogP) is 2.63. The van der Waals surface area contributed by atoms with Crippen LogP contribution in [0.1, 0.15) is 28.7 Å². The first-order valence-electron chi connectivity index (χ1n) is 8.16. The third-order valence-electron chi connectivity index (χ3n) is 3.56. The standard InChI is InChI=1S/C15H15N5O2.C2HF3O2/c1-2-10-3-4-16-11(7-10)8-18-13-14-19-12(15(21)22)9-20(14)6-5-17-13;3-2(4,5)1(6)7/h3-7,9H,2,8H2,1H3,(H,17,18)(H,21,22);(H,6,7). The Morgan fingerprint density at radius 2 is 1.90 bits per heavy atom. The summed E-state index contributed by atoms with van der Waals surface area (Å²) in [7, 11) is 0. The molecule has 12 heteroatoms. The first kappa shape index (κ1) is 21.6. The molecule has 0 saturated heterocycles. The molecule has 3 aromatic heterocycles. The zero-order chi connectivity index (χ0) is 21.6. The van der Waals surface area contributed by atoms with Gasteiger partial charge in [0.2, 0.25) is 0 Å². The summed E-state index contributed by atoms with van der Waals surface area (Å²) in [5.41, 5.74) is 2.58. The van der Waals surface area contributed by atoms with E-state index in [1.54, 1.807) is 23.0 Å². The Morgan fingerprint density at radius 1 is 1.21 bits per heavy atom. The number of halogens is 3. The number of imidazole rings is 1. The Labute approximate surface area is 161 Å². The van der Waals surface area contributed by atoms with E-state index in [0.717, 1.165) is 12.1 Å². The minimum atomic E-state index is -5.08. The number of rotatable bonds is 5. The summed E-state index contributed by atoms with van der Waals surface area (Å²) in [6, 6.07) is 4.01. The molecule has 0 spiro atoms. The highest BCUT2D eigenvalue weighted by atomic mass is 19.4. The van der Waals surface area contributed by atoms with Gasteiger partial charge in [0.1, 0.15) is 0 Å².